The molecule has 5 rings (SSSR count). The van der Waals surface area contributed by atoms with E-state index in [-0.39, 0.29) is 5.91 Å². The lowest BCUT2D eigenvalue weighted by molar-refractivity contribution is -0.132. The van der Waals surface area contributed by atoms with Crippen molar-refractivity contribution in [2.75, 3.05) is 38.5 Å². The number of anilines is 2. The smallest absolute Gasteiger partial charge is 0.227 e. The number of thiazole rings is 1. The van der Waals surface area contributed by atoms with Gasteiger partial charge in [-0.2, -0.15) is 0 Å². The minimum atomic E-state index is 0.166. The Morgan fingerprint density at radius 1 is 1.00 bits per heavy atom. The van der Waals surface area contributed by atoms with E-state index in [9.17, 15) is 4.79 Å². The van der Waals surface area contributed by atoms with E-state index in [2.05, 4.69) is 44.3 Å². The van der Waals surface area contributed by atoms with E-state index in [1.807, 2.05) is 35.2 Å². The fourth-order valence-corrected chi connectivity index (χ4v) is 4.72. The first-order valence-corrected chi connectivity index (χ1v) is 11.4. The third-order valence-electron chi connectivity index (χ3n) is 5.67. The van der Waals surface area contributed by atoms with E-state index in [1.54, 1.807) is 29.9 Å². The van der Waals surface area contributed by atoms with Gasteiger partial charge >= 0.3 is 0 Å². The second-order valence-corrected chi connectivity index (χ2v) is 9.00. The van der Waals surface area contributed by atoms with E-state index >= 15 is 0 Å². The molecular weight excluding hydrogens is 420 g/mol. The summed E-state index contributed by atoms with van der Waals surface area (Å²) in [5, 5.41) is 4.09. The molecule has 3 aromatic heterocycles. The van der Waals surface area contributed by atoms with Crippen LogP contribution in [-0.4, -0.2) is 63.9 Å². The molecule has 0 atom stereocenters. The Morgan fingerprint density at radius 3 is 2.62 bits per heavy atom. The highest BCUT2D eigenvalue weighted by molar-refractivity contribution is 7.22. The van der Waals surface area contributed by atoms with Crippen LogP contribution in [0, 0.1) is 0 Å². The molecule has 0 bridgehead atoms. The molecule has 1 aliphatic rings. The molecule has 1 N–H and O–H groups in total. The molecule has 7 nitrogen and oxygen atoms in total. The Balaban J connectivity index is 1.29. The Kier molecular flexibility index (Phi) is 5.79. The molecule has 1 aromatic carbocycles. The number of carbonyl (C=O) groups excluding carboxylic acids is 1. The van der Waals surface area contributed by atoms with Crippen LogP contribution in [0.5, 0.6) is 0 Å². The van der Waals surface area contributed by atoms with Crippen molar-refractivity contribution in [2.45, 2.75) is 6.42 Å². The van der Waals surface area contributed by atoms with Gasteiger partial charge in [-0.15, -0.1) is 0 Å². The van der Waals surface area contributed by atoms with E-state index in [4.69, 9.17) is 0 Å². The number of hydrogen-bond donors (Lipinski definition) is 1. The zero-order valence-electron chi connectivity index (χ0n) is 17.9. The lowest BCUT2D eigenvalue weighted by atomic mass is 10.1. The van der Waals surface area contributed by atoms with Gasteiger partial charge in [0.05, 0.1) is 16.6 Å². The summed E-state index contributed by atoms with van der Waals surface area (Å²) in [7, 11) is 2.09. The molecule has 8 heteroatoms. The molecule has 1 amide bonds. The van der Waals surface area contributed by atoms with Crippen LogP contribution in [0.2, 0.25) is 0 Å². The van der Waals surface area contributed by atoms with Crippen molar-refractivity contribution < 1.29 is 4.79 Å². The van der Waals surface area contributed by atoms with Crippen LogP contribution in [0.4, 0.5) is 10.9 Å². The molecule has 0 aliphatic carbocycles. The summed E-state index contributed by atoms with van der Waals surface area (Å²) < 4.78 is 1.10. The summed E-state index contributed by atoms with van der Waals surface area (Å²) in [6.45, 7) is 3.43. The largest absolute Gasteiger partial charge is 0.340 e. The second-order valence-electron chi connectivity index (χ2n) is 7.97. The maximum atomic E-state index is 12.7. The average Bonchev–Trinajstić information content (AvgIpc) is 3.21. The van der Waals surface area contributed by atoms with Gasteiger partial charge in [0.15, 0.2) is 5.13 Å². The van der Waals surface area contributed by atoms with Crippen molar-refractivity contribution >= 4 is 38.4 Å². The van der Waals surface area contributed by atoms with Crippen LogP contribution < -0.4 is 5.32 Å². The Morgan fingerprint density at radius 2 is 1.81 bits per heavy atom. The summed E-state index contributed by atoms with van der Waals surface area (Å²) in [5.74, 6) is 0.862. The number of carbonyl (C=O) groups is 1. The number of amides is 1. The SMILES string of the molecule is CN1CCN(C(=O)Cc2ccnc(Nc3nc4ccc(-c5ccncc5)cc4s3)c2)CC1. The fraction of sp³-hybridized carbons (Fsp3) is 0.250. The van der Waals surface area contributed by atoms with Crippen LogP contribution in [0.3, 0.4) is 0 Å². The number of pyridine rings is 2. The highest BCUT2D eigenvalue weighted by Gasteiger charge is 2.19. The molecule has 4 heterocycles. The Hall–Kier alpha value is -3.36. The quantitative estimate of drug-likeness (QED) is 0.505. The number of benzene rings is 1. The first kappa shape index (κ1) is 20.5. The van der Waals surface area contributed by atoms with E-state index in [0.717, 1.165) is 58.2 Å². The molecule has 1 aliphatic heterocycles. The van der Waals surface area contributed by atoms with Gasteiger partial charge in [-0.05, 0) is 60.1 Å². The van der Waals surface area contributed by atoms with Crippen LogP contribution in [-0.2, 0) is 11.2 Å². The van der Waals surface area contributed by atoms with Crippen LogP contribution >= 0.6 is 11.3 Å². The summed E-state index contributed by atoms with van der Waals surface area (Å²) in [6.07, 6.45) is 5.72. The van der Waals surface area contributed by atoms with Gasteiger partial charge in [0.2, 0.25) is 5.91 Å². The monoisotopic (exact) mass is 444 g/mol. The molecule has 1 fully saturated rings. The van der Waals surface area contributed by atoms with E-state index < -0.39 is 0 Å². The molecular formula is C24H24N6OS. The lowest BCUT2D eigenvalue weighted by Gasteiger charge is -2.32. The first-order valence-electron chi connectivity index (χ1n) is 10.6. The average molecular weight is 445 g/mol. The highest BCUT2D eigenvalue weighted by atomic mass is 32.1. The molecule has 0 unspecified atom stereocenters. The summed E-state index contributed by atoms with van der Waals surface area (Å²) in [6, 6.07) is 14.1. The minimum Gasteiger partial charge on any atom is -0.340 e. The zero-order valence-corrected chi connectivity index (χ0v) is 18.7. The van der Waals surface area contributed by atoms with Crippen molar-refractivity contribution in [3.8, 4) is 11.1 Å². The maximum absolute atomic E-state index is 12.7. The third kappa shape index (κ3) is 4.61. The maximum Gasteiger partial charge on any atom is 0.227 e. The standard InChI is InChI=1S/C24H24N6OS/c1-29-10-12-30(13-11-29)23(31)15-17-4-9-26-22(14-17)28-24-27-20-3-2-19(16-21(20)32-24)18-5-7-25-8-6-18/h2-9,14,16H,10-13,15H2,1H3,(H,26,27,28). The van der Waals surface area contributed by atoms with Gasteiger partial charge in [-0.25, -0.2) is 9.97 Å². The summed E-state index contributed by atoms with van der Waals surface area (Å²) in [4.78, 5) is 30.0. The van der Waals surface area contributed by atoms with Crippen LogP contribution in [0.1, 0.15) is 5.56 Å². The molecule has 1 saturated heterocycles. The third-order valence-corrected chi connectivity index (χ3v) is 6.61. The van der Waals surface area contributed by atoms with E-state index in [0.29, 0.717) is 12.2 Å². The number of nitrogens with one attached hydrogen (secondary N) is 1. The fourth-order valence-electron chi connectivity index (χ4n) is 3.81. The zero-order chi connectivity index (χ0) is 21.9. The van der Waals surface area contributed by atoms with Crippen LogP contribution in [0.15, 0.2) is 61.1 Å². The lowest BCUT2D eigenvalue weighted by Crippen LogP contribution is -2.47. The Bertz CT molecular complexity index is 1230. The molecule has 4 aromatic rings. The van der Waals surface area contributed by atoms with Gasteiger partial charge in [-0.1, -0.05) is 17.4 Å². The minimum absolute atomic E-state index is 0.166. The number of piperazine rings is 1. The van der Waals surface area contributed by atoms with Gasteiger partial charge < -0.3 is 15.1 Å². The highest BCUT2D eigenvalue weighted by Crippen LogP contribution is 2.31. The van der Waals surface area contributed by atoms with Gasteiger partial charge in [-0.3, -0.25) is 9.78 Å². The van der Waals surface area contributed by atoms with Gasteiger partial charge in [0, 0.05) is 44.8 Å². The van der Waals surface area contributed by atoms with Crippen molar-refractivity contribution in [3.63, 3.8) is 0 Å². The Labute approximate surface area is 190 Å². The number of rotatable bonds is 5. The molecule has 0 saturated carbocycles. The van der Waals surface area contributed by atoms with Crippen molar-refractivity contribution in [1.82, 2.24) is 24.8 Å². The molecule has 32 heavy (non-hydrogen) atoms. The van der Waals surface area contributed by atoms with Gasteiger partial charge in [0.1, 0.15) is 5.82 Å². The van der Waals surface area contributed by atoms with Crippen molar-refractivity contribution in [2.24, 2.45) is 0 Å². The van der Waals surface area contributed by atoms with Gasteiger partial charge in [0.25, 0.3) is 0 Å². The molecule has 0 radical (unpaired) electrons. The normalized spacial score (nSPS) is 14.6. The first-order chi connectivity index (χ1) is 15.6. The molecule has 0 spiro atoms. The second kappa shape index (κ2) is 9.02. The topological polar surface area (TPSA) is 74.2 Å². The predicted octanol–water partition coefficient (Wildman–Crippen LogP) is 3.81. The predicted molar refractivity (Wildman–Crippen MR) is 128 cm³/mol. The summed E-state index contributed by atoms with van der Waals surface area (Å²) in [5.41, 5.74) is 4.16. The number of fused-ring (bicyclic) bond motifs is 1. The van der Waals surface area contributed by atoms with Crippen molar-refractivity contribution in [3.05, 3.63) is 66.6 Å². The number of likely N-dealkylation sites (N-methyl/N-ethyl adjacent to an activating group) is 1. The number of hydrogen-bond acceptors (Lipinski definition) is 7. The number of nitrogens with zero attached hydrogens (tertiary/aromatic N) is 5. The van der Waals surface area contributed by atoms with Crippen LogP contribution in [0.25, 0.3) is 21.3 Å². The summed E-state index contributed by atoms with van der Waals surface area (Å²) >= 11 is 1.59. The number of aromatic nitrogens is 3. The molecule has 162 valence electrons. The van der Waals surface area contributed by atoms with Crippen molar-refractivity contribution in [1.29, 1.82) is 0 Å². The van der Waals surface area contributed by atoms with E-state index in [1.165, 1.54) is 0 Å².